The molecule has 0 saturated heterocycles. The fourth-order valence-electron chi connectivity index (χ4n) is 1.96. The fourth-order valence-corrected chi connectivity index (χ4v) is 3.06. The van der Waals surface area contributed by atoms with Gasteiger partial charge in [0, 0.05) is 9.75 Å². The van der Waals surface area contributed by atoms with Crippen LogP contribution in [0.1, 0.15) is 62.1 Å². The summed E-state index contributed by atoms with van der Waals surface area (Å²) < 4.78 is 0. The van der Waals surface area contributed by atoms with Crippen LogP contribution >= 0.6 is 11.3 Å². The molecule has 1 aromatic rings. The lowest BCUT2D eigenvalue weighted by Crippen LogP contribution is -1.93. The number of rotatable bonds is 7. The Morgan fingerprint density at radius 3 is 2.56 bits per heavy atom. The van der Waals surface area contributed by atoms with E-state index in [4.69, 9.17) is 0 Å². The van der Waals surface area contributed by atoms with Crippen molar-refractivity contribution in [2.45, 2.75) is 58.8 Å². The van der Waals surface area contributed by atoms with Crippen LogP contribution in [0.2, 0.25) is 0 Å². The molecule has 1 unspecified atom stereocenters. The molecule has 0 aliphatic rings. The minimum atomic E-state index is 0.748. The maximum absolute atomic E-state index is 2.35. The number of thiophene rings is 1. The van der Waals surface area contributed by atoms with Crippen molar-refractivity contribution in [3.63, 3.8) is 0 Å². The van der Waals surface area contributed by atoms with Crippen LogP contribution in [-0.2, 0) is 6.42 Å². The second-order valence-electron chi connectivity index (χ2n) is 4.26. The first-order chi connectivity index (χ1) is 7.81. The van der Waals surface area contributed by atoms with Crippen LogP contribution in [0.4, 0.5) is 0 Å². The highest BCUT2D eigenvalue weighted by Crippen LogP contribution is 2.31. The van der Waals surface area contributed by atoms with Crippen molar-refractivity contribution in [2.75, 3.05) is 0 Å². The second-order valence-corrected chi connectivity index (χ2v) is 5.46. The largest absolute Gasteiger partial charge is 0.145 e. The third-order valence-corrected chi connectivity index (χ3v) is 4.29. The van der Waals surface area contributed by atoms with Crippen molar-refractivity contribution in [1.82, 2.24) is 0 Å². The molecule has 90 valence electrons. The highest BCUT2D eigenvalue weighted by molar-refractivity contribution is 7.12. The predicted molar refractivity (Wildman–Crippen MR) is 75.4 cm³/mol. The van der Waals surface area contributed by atoms with Gasteiger partial charge in [0.15, 0.2) is 0 Å². The van der Waals surface area contributed by atoms with E-state index in [-0.39, 0.29) is 0 Å². The fraction of sp³-hybridized carbons (Fsp3) is 0.600. The van der Waals surface area contributed by atoms with Crippen LogP contribution < -0.4 is 0 Å². The number of allylic oxidation sites excluding steroid dienone is 2. The molecule has 1 heterocycles. The van der Waals surface area contributed by atoms with E-state index in [0.29, 0.717) is 0 Å². The van der Waals surface area contributed by atoms with E-state index in [9.17, 15) is 0 Å². The van der Waals surface area contributed by atoms with Gasteiger partial charge in [-0.1, -0.05) is 39.3 Å². The Morgan fingerprint density at radius 1 is 1.19 bits per heavy atom. The van der Waals surface area contributed by atoms with Crippen molar-refractivity contribution in [3.05, 3.63) is 34.0 Å². The molecule has 0 aromatic carbocycles. The van der Waals surface area contributed by atoms with E-state index in [0.717, 1.165) is 12.3 Å². The summed E-state index contributed by atoms with van der Waals surface area (Å²) in [6.07, 6.45) is 10.8. The van der Waals surface area contributed by atoms with Crippen molar-refractivity contribution in [2.24, 2.45) is 0 Å². The number of hydrogen-bond acceptors (Lipinski definition) is 1. The Bertz CT molecular complexity index is 309. The van der Waals surface area contributed by atoms with Gasteiger partial charge in [-0.15, -0.1) is 11.3 Å². The molecule has 0 spiro atoms. The molecule has 1 heteroatoms. The lowest BCUT2D eigenvalue weighted by molar-refractivity contribution is 0.629. The number of aryl methyl sites for hydroxylation is 1. The summed E-state index contributed by atoms with van der Waals surface area (Å²) in [6, 6.07) is 4.63. The van der Waals surface area contributed by atoms with Gasteiger partial charge in [-0.3, -0.25) is 0 Å². The summed E-state index contributed by atoms with van der Waals surface area (Å²) in [5.74, 6) is 0.748. The predicted octanol–water partition coefficient (Wildman–Crippen LogP) is 5.55. The van der Waals surface area contributed by atoms with Crippen molar-refractivity contribution < 1.29 is 0 Å². The molecular weight excluding hydrogens is 212 g/mol. The monoisotopic (exact) mass is 236 g/mol. The molecule has 0 radical (unpaired) electrons. The smallest absolute Gasteiger partial charge is 0.00822 e. The van der Waals surface area contributed by atoms with Crippen LogP contribution in [0.3, 0.4) is 0 Å². The zero-order chi connectivity index (χ0) is 11.8. The van der Waals surface area contributed by atoms with Crippen molar-refractivity contribution in [3.8, 4) is 0 Å². The SMILES string of the molecule is CC/C=C\CC(CCC)c1ccc(CC)s1. The maximum atomic E-state index is 2.35. The Balaban J connectivity index is 2.64. The summed E-state index contributed by atoms with van der Waals surface area (Å²) in [7, 11) is 0. The van der Waals surface area contributed by atoms with Crippen LogP contribution in [0.15, 0.2) is 24.3 Å². The van der Waals surface area contributed by atoms with E-state index in [1.165, 1.54) is 30.6 Å². The summed E-state index contributed by atoms with van der Waals surface area (Å²) >= 11 is 2.01. The lowest BCUT2D eigenvalue weighted by Gasteiger charge is -2.11. The first-order valence-electron chi connectivity index (χ1n) is 6.55. The van der Waals surface area contributed by atoms with E-state index in [1.807, 2.05) is 11.3 Å². The number of hydrogen-bond donors (Lipinski definition) is 0. The Hall–Kier alpha value is -0.560. The zero-order valence-electron chi connectivity index (χ0n) is 10.8. The van der Waals surface area contributed by atoms with Crippen LogP contribution in [-0.4, -0.2) is 0 Å². The maximum Gasteiger partial charge on any atom is 0.00822 e. The Labute approximate surface area is 104 Å². The third-order valence-electron chi connectivity index (χ3n) is 2.89. The van der Waals surface area contributed by atoms with E-state index in [1.54, 1.807) is 4.88 Å². The zero-order valence-corrected chi connectivity index (χ0v) is 11.6. The quantitative estimate of drug-likeness (QED) is 0.544. The molecule has 0 N–H and O–H groups in total. The van der Waals surface area contributed by atoms with Gasteiger partial charge in [-0.2, -0.15) is 0 Å². The first kappa shape index (κ1) is 13.5. The van der Waals surface area contributed by atoms with Gasteiger partial charge >= 0.3 is 0 Å². The summed E-state index contributed by atoms with van der Waals surface area (Å²) in [6.45, 7) is 6.72. The molecule has 16 heavy (non-hydrogen) atoms. The Morgan fingerprint density at radius 2 is 2.00 bits per heavy atom. The minimum Gasteiger partial charge on any atom is -0.145 e. The molecular formula is C15H24S. The molecule has 1 aromatic heterocycles. The highest BCUT2D eigenvalue weighted by Gasteiger charge is 2.11. The van der Waals surface area contributed by atoms with Gasteiger partial charge in [-0.25, -0.2) is 0 Å². The molecule has 1 rings (SSSR count). The van der Waals surface area contributed by atoms with Gasteiger partial charge < -0.3 is 0 Å². The normalized spacial score (nSPS) is 13.4. The lowest BCUT2D eigenvalue weighted by atomic mass is 9.97. The summed E-state index contributed by atoms with van der Waals surface area (Å²) in [5.41, 5.74) is 0. The Kier molecular flexibility index (Phi) is 6.47. The molecule has 0 aliphatic heterocycles. The van der Waals surface area contributed by atoms with Gasteiger partial charge in [0.25, 0.3) is 0 Å². The summed E-state index contributed by atoms with van der Waals surface area (Å²) in [5, 5.41) is 0. The van der Waals surface area contributed by atoms with Crippen molar-refractivity contribution in [1.29, 1.82) is 0 Å². The topological polar surface area (TPSA) is 0 Å². The molecule has 0 saturated carbocycles. The van der Waals surface area contributed by atoms with Gasteiger partial charge in [0.05, 0.1) is 0 Å². The van der Waals surface area contributed by atoms with Gasteiger partial charge in [0.2, 0.25) is 0 Å². The average molecular weight is 236 g/mol. The molecule has 0 nitrogen and oxygen atoms in total. The summed E-state index contributed by atoms with van der Waals surface area (Å²) in [4.78, 5) is 3.11. The third kappa shape index (κ3) is 4.13. The van der Waals surface area contributed by atoms with Gasteiger partial charge in [0.1, 0.15) is 0 Å². The molecule has 0 fully saturated rings. The standard InChI is InChI=1S/C15H24S/c1-4-7-8-10-13(9-5-2)15-12-11-14(6-3)16-15/h7-8,11-13H,4-6,9-10H2,1-3H3/b8-7-. The molecule has 1 atom stereocenters. The van der Waals surface area contributed by atoms with Gasteiger partial charge in [-0.05, 0) is 43.7 Å². The van der Waals surface area contributed by atoms with Crippen LogP contribution in [0.5, 0.6) is 0 Å². The van der Waals surface area contributed by atoms with E-state index >= 15 is 0 Å². The van der Waals surface area contributed by atoms with E-state index in [2.05, 4.69) is 45.1 Å². The van der Waals surface area contributed by atoms with Crippen molar-refractivity contribution >= 4 is 11.3 Å². The molecule has 0 aliphatic carbocycles. The highest BCUT2D eigenvalue weighted by atomic mass is 32.1. The average Bonchev–Trinajstić information content (AvgIpc) is 2.76. The first-order valence-corrected chi connectivity index (χ1v) is 7.37. The van der Waals surface area contributed by atoms with E-state index < -0.39 is 0 Å². The molecule has 0 bridgehead atoms. The van der Waals surface area contributed by atoms with Crippen LogP contribution in [0.25, 0.3) is 0 Å². The molecule has 0 amide bonds. The van der Waals surface area contributed by atoms with Crippen LogP contribution in [0, 0.1) is 0 Å². The minimum absolute atomic E-state index is 0.748. The second kappa shape index (κ2) is 7.67.